The Bertz CT molecular complexity index is 1170. The summed E-state index contributed by atoms with van der Waals surface area (Å²) < 4.78 is 3.96. The van der Waals surface area contributed by atoms with Gasteiger partial charge in [-0.2, -0.15) is 10.2 Å². The zero-order valence-corrected chi connectivity index (χ0v) is 16.9. The van der Waals surface area contributed by atoms with Crippen molar-refractivity contribution < 1.29 is 4.79 Å². The Morgan fingerprint density at radius 1 is 1.29 bits per heavy atom. The van der Waals surface area contributed by atoms with Crippen LogP contribution >= 0.6 is 23.6 Å². The van der Waals surface area contributed by atoms with Gasteiger partial charge in [0.2, 0.25) is 5.91 Å². The smallest absolute Gasteiger partial charge is 0.247 e. The number of carbonyl (C=O) groups is 1. The summed E-state index contributed by atoms with van der Waals surface area (Å²) in [6.45, 7) is 3.78. The fourth-order valence-corrected chi connectivity index (χ4v) is 3.96. The lowest BCUT2D eigenvalue weighted by atomic mass is 10.2. The summed E-state index contributed by atoms with van der Waals surface area (Å²) in [5.74, 6) is 0.480. The number of nitrogens with one attached hydrogen (secondary N) is 2. The number of carbonyl (C=O) groups excluding carboxylic acids is 1. The number of aromatic nitrogens is 5. The molecular formula is C19H18N6OS2. The van der Waals surface area contributed by atoms with Crippen molar-refractivity contribution in [2.24, 2.45) is 0 Å². The van der Waals surface area contributed by atoms with E-state index in [1.165, 1.54) is 0 Å². The minimum atomic E-state index is -0.529. The largest absolute Gasteiger partial charge is 0.324 e. The zero-order chi connectivity index (χ0) is 19.7. The number of aromatic amines is 1. The van der Waals surface area contributed by atoms with E-state index in [0.29, 0.717) is 16.3 Å². The van der Waals surface area contributed by atoms with Crippen molar-refractivity contribution in [3.8, 4) is 16.4 Å². The van der Waals surface area contributed by atoms with Crippen LogP contribution in [0, 0.1) is 11.7 Å². The third-order valence-corrected chi connectivity index (χ3v) is 5.56. The molecule has 142 valence electrons. The highest BCUT2D eigenvalue weighted by Gasteiger charge is 2.21. The first-order valence-corrected chi connectivity index (χ1v) is 9.96. The van der Waals surface area contributed by atoms with Crippen LogP contribution in [-0.4, -0.2) is 30.5 Å². The summed E-state index contributed by atoms with van der Waals surface area (Å²) in [6, 6.07) is 12.9. The molecule has 0 fully saturated rings. The Balaban J connectivity index is 1.59. The van der Waals surface area contributed by atoms with E-state index in [2.05, 4.69) is 20.6 Å². The second-order valence-corrected chi connectivity index (χ2v) is 7.63. The lowest BCUT2D eigenvalue weighted by molar-refractivity contribution is -0.118. The van der Waals surface area contributed by atoms with Gasteiger partial charge in [0.05, 0.1) is 10.6 Å². The Hall–Kier alpha value is -3.04. The maximum absolute atomic E-state index is 12.9. The average Bonchev–Trinajstić information content (AvgIpc) is 3.42. The Kier molecular flexibility index (Phi) is 4.93. The van der Waals surface area contributed by atoms with E-state index in [-0.39, 0.29) is 5.91 Å². The number of amides is 1. The molecule has 9 heteroatoms. The summed E-state index contributed by atoms with van der Waals surface area (Å²) in [5, 5.41) is 16.3. The van der Waals surface area contributed by atoms with Crippen LogP contribution in [0.4, 0.5) is 5.69 Å². The molecule has 3 heterocycles. The molecule has 3 aromatic heterocycles. The molecule has 1 atom stereocenters. The standard InChI is InChI=1S/C19H18N6OS2/c1-12-8-9-20-25(12)15-6-3-5-14(11-15)21-18(26)13(2)24-17(22-23-19(24)27)16-7-4-10-28-16/h3-11,13H,1-2H3,(H,21,26)(H,23,27). The van der Waals surface area contributed by atoms with Gasteiger partial charge in [-0.3, -0.25) is 14.5 Å². The van der Waals surface area contributed by atoms with Crippen LogP contribution < -0.4 is 5.32 Å². The SMILES string of the molecule is Cc1ccnn1-c1cccc(NC(=O)C(C)n2c(-c3cccs3)n[nH]c2=S)c1. The van der Waals surface area contributed by atoms with Gasteiger partial charge in [0.25, 0.3) is 0 Å². The molecule has 0 aliphatic heterocycles. The highest BCUT2D eigenvalue weighted by atomic mass is 32.1. The average molecular weight is 411 g/mol. The first-order valence-electron chi connectivity index (χ1n) is 8.67. The lowest BCUT2D eigenvalue weighted by Crippen LogP contribution is -2.24. The van der Waals surface area contributed by atoms with Crippen molar-refractivity contribution in [3.05, 3.63) is 64.5 Å². The number of nitrogens with zero attached hydrogens (tertiary/aromatic N) is 4. The minimum Gasteiger partial charge on any atom is -0.324 e. The number of aryl methyl sites for hydroxylation is 1. The van der Waals surface area contributed by atoms with Crippen molar-refractivity contribution in [3.63, 3.8) is 0 Å². The molecule has 1 aromatic carbocycles. The maximum atomic E-state index is 12.9. The molecule has 0 aliphatic carbocycles. The zero-order valence-electron chi connectivity index (χ0n) is 15.3. The molecule has 7 nitrogen and oxygen atoms in total. The molecule has 0 bridgehead atoms. The van der Waals surface area contributed by atoms with Crippen LogP contribution in [0.3, 0.4) is 0 Å². The van der Waals surface area contributed by atoms with Gasteiger partial charge in [-0.15, -0.1) is 11.3 Å². The number of hydrogen-bond acceptors (Lipinski definition) is 5. The number of anilines is 1. The molecule has 0 radical (unpaired) electrons. The monoisotopic (exact) mass is 410 g/mol. The molecule has 2 N–H and O–H groups in total. The summed E-state index contributed by atoms with van der Waals surface area (Å²) >= 11 is 6.90. The number of hydrogen-bond donors (Lipinski definition) is 2. The highest BCUT2D eigenvalue weighted by molar-refractivity contribution is 7.71. The Morgan fingerprint density at radius 3 is 2.86 bits per heavy atom. The molecule has 1 unspecified atom stereocenters. The number of H-pyrrole nitrogens is 1. The van der Waals surface area contributed by atoms with Crippen LogP contribution in [-0.2, 0) is 4.79 Å². The van der Waals surface area contributed by atoms with Crippen LogP contribution in [0.1, 0.15) is 18.7 Å². The van der Waals surface area contributed by atoms with E-state index >= 15 is 0 Å². The molecular weight excluding hydrogens is 392 g/mol. The van der Waals surface area contributed by atoms with E-state index < -0.39 is 6.04 Å². The topological polar surface area (TPSA) is 80.5 Å². The van der Waals surface area contributed by atoms with Crippen molar-refractivity contribution in [1.82, 2.24) is 24.5 Å². The van der Waals surface area contributed by atoms with Crippen molar-refractivity contribution >= 4 is 35.1 Å². The summed E-state index contributed by atoms with van der Waals surface area (Å²) in [5.41, 5.74) is 2.59. The third-order valence-electron chi connectivity index (χ3n) is 4.40. The number of thiophene rings is 1. The summed E-state index contributed by atoms with van der Waals surface area (Å²) in [4.78, 5) is 13.9. The fourth-order valence-electron chi connectivity index (χ4n) is 2.96. The first-order chi connectivity index (χ1) is 13.5. The minimum absolute atomic E-state index is 0.176. The molecule has 0 spiro atoms. The van der Waals surface area contributed by atoms with Gasteiger partial charge < -0.3 is 5.32 Å². The van der Waals surface area contributed by atoms with Crippen molar-refractivity contribution in [2.45, 2.75) is 19.9 Å². The van der Waals surface area contributed by atoms with E-state index in [1.807, 2.05) is 59.5 Å². The molecule has 4 aromatic rings. The van der Waals surface area contributed by atoms with Gasteiger partial charge in [0, 0.05) is 17.6 Å². The van der Waals surface area contributed by atoms with Crippen LogP contribution in [0.2, 0.25) is 0 Å². The van der Waals surface area contributed by atoms with E-state index in [4.69, 9.17) is 12.2 Å². The molecule has 0 saturated carbocycles. The Labute approximate surface area is 170 Å². The molecule has 28 heavy (non-hydrogen) atoms. The maximum Gasteiger partial charge on any atom is 0.247 e. The normalized spacial score (nSPS) is 12.1. The third kappa shape index (κ3) is 3.41. The quantitative estimate of drug-likeness (QED) is 0.479. The van der Waals surface area contributed by atoms with Crippen LogP contribution in [0.5, 0.6) is 0 Å². The molecule has 0 aliphatic rings. The fraction of sp³-hybridized carbons (Fsp3) is 0.158. The van der Waals surface area contributed by atoms with E-state index in [1.54, 1.807) is 29.0 Å². The second-order valence-electron chi connectivity index (χ2n) is 6.30. The van der Waals surface area contributed by atoms with Gasteiger partial charge in [-0.1, -0.05) is 12.1 Å². The summed E-state index contributed by atoms with van der Waals surface area (Å²) in [6.07, 6.45) is 1.75. The van der Waals surface area contributed by atoms with Crippen LogP contribution in [0.15, 0.2) is 54.0 Å². The van der Waals surface area contributed by atoms with Crippen molar-refractivity contribution in [1.29, 1.82) is 0 Å². The van der Waals surface area contributed by atoms with Gasteiger partial charge in [-0.25, -0.2) is 4.68 Å². The summed E-state index contributed by atoms with van der Waals surface area (Å²) in [7, 11) is 0. The van der Waals surface area contributed by atoms with Gasteiger partial charge >= 0.3 is 0 Å². The van der Waals surface area contributed by atoms with Crippen molar-refractivity contribution in [2.75, 3.05) is 5.32 Å². The number of benzene rings is 1. The Morgan fingerprint density at radius 2 is 2.14 bits per heavy atom. The molecule has 4 rings (SSSR count). The van der Waals surface area contributed by atoms with E-state index in [9.17, 15) is 4.79 Å². The van der Waals surface area contributed by atoms with Crippen LogP contribution in [0.25, 0.3) is 16.4 Å². The lowest BCUT2D eigenvalue weighted by Gasteiger charge is -2.16. The first kappa shape index (κ1) is 18.3. The predicted molar refractivity (Wildman–Crippen MR) is 112 cm³/mol. The second kappa shape index (κ2) is 7.53. The van der Waals surface area contributed by atoms with Gasteiger partial charge in [-0.05, 0) is 61.8 Å². The predicted octanol–water partition coefficient (Wildman–Crippen LogP) is 4.36. The van der Waals surface area contributed by atoms with Gasteiger partial charge in [0.15, 0.2) is 10.6 Å². The van der Waals surface area contributed by atoms with E-state index in [0.717, 1.165) is 16.3 Å². The highest BCUT2D eigenvalue weighted by Crippen LogP contribution is 2.26. The molecule has 0 saturated heterocycles. The number of rotatable bonds is 5. The molecule has 1 amide bonds. The van der Waals surface area contributed by atoms with Gasteiger partial charge in [0.1, 0.15) is 6.04 Å².